The van der Waals surface area contributed by atoms with Crippen molar-refractivity contribution in [2.75, 3.05) is 55.8 Å². The molecule has 0 radical (unpaired) electrons. The Hall–Kier alpha value is -3.72. The van der Waals surface area contributed by atoms with Gasteiger partial charge >= 0.3 is 29.4 Å². The maximum atomic E-state index is 12.8. The lowest BCUT2D eigenvalue weighted by Crippen LogP contribution is -2.64. The van der Waals surface area contributed by atoms with Gasteiger partial charge in [0.1, 0.15) is 48.8 Å². The zero-order valence-corrected chi connectivity index (χ0v) is 44.2. The number of thioether (sulfide) groups is 2. The van der Waals surface area contributed by atoms with Crippen LogP contribution in [0.5, 0.6) is 0 Å². The van der Waals surface area contributed by atoms with Crippen LogP contribution in [-0.4, -0.2) is 176 Å². The van der Waals surface area contributed by atoms with Crippen molar-refractivity contribution in [1.82, 2.24) is 40.8 Å². The number of nitrogen functional groups attached to an aromatic ring is 1. The lowest BCUT2D eigenvalue weighted by atomic mass is 9.87. The zero-order valence-electron chi connectivity index (χ0n) is 39.9. The SMILES string of the molecule is CCCCCCSCC(NC(=O)CCC([NH3+])C(=O)SCCNC(=O)CCNC(=O)C(O)C(C)(C)COP(=O)(O)OP(=O)(O)OCC1OC(n2cnc3c(N)ncnc32)C(O)C1OP(=O)(O)O)C(=O)NCC(=O)O. The highest BCUT2D eigenvalue weighted by molar-refractivity contribution is 8.13. The Morgan fingerprint density at radius 3 is 2.30 bits per heavy atom. The van der Waals surface area contributed by atoms with E-state index in [4.69, 9.17) is 24.6 Å². The van der Waals surface area contributed by atoms with Gasteiger partial charge in [-0.1, -0.05) is 51.8 Å². The summed E-state index contributed by atoms with van der Waals surface area (Å²) in [5.74, 6) is -2.92. The maximum absolute atomic E-state index is 12.8. The number of hydrogen-bond donors (Lipinski definition) is 13. The molecule has 4 amide bonds. The number of carbonyl (C=O) groups excluding carboxylic acids is 5. The third kappa shape index (κ3) is 22.2. The molecular formula is C37H64N10O21P3S2+. The molecule has 0 aliphatic carbocycles. The smallest absolute Gasteiger partial charge is 0.480 e. The average Bonchev–Trinajstić information content (AvgIpc) is 3.87. The number of imidazole rings is 1. The summed E-state index contributed by atoms with van der Waals surface area (Å²) in [6.45, 7) is 1.54. The predicted molar refractivity (Wildman–Crippen MR) is 257 cm³/mol. The number of anilines is 1. The first-order valence-electron chi connectivity index (χ1n) is 22.3. The molecule has 31 nitrogen and oxygen atoms in total. The molecule has 1 fully saturated rings. The standard InChI is InChI=1S/C37H63N10O21P3S2/c1-4-5-6-7-13-72-17-22(33(54)42-15-26(50)51)46-25(49)9-8-21(38)36(56)73-14-12-40-24(48)10-11-41-34(55)30(53)37(2,3)18-65-71(62,63)68-70(60,61)64-16-23-29(67-69(57,58)59)28(52)35(66-23)47-20-45-27-31(39)43-19-44-32(27)47/h19-23,28-30,35,52-53H,4-18,38H2,1-3H3,(H,40,48)(H,41,55)(H,42,54)(H,46,49)(H,50,51)(H,60,61)(H,62,63)(H2,39,43,44)(H2,57,58,59)/p+1. The lowest BCUT2D eigenvalue weighted by Gasteiger charge is -2.30. The van der Waals surface area contributed by atoms with E-state index in [9.17, 15) is 72.2 Å². The Balaban J connectivity index is 1.38. The molecule has 0 bridgehead atoms. The van der Waals surface area contributed by atoms with E-state index in [0.29, 0.717) is 0 Å². The van der Waals surface area contributed by atoms with Crippen LogP contribution in [0.2, 0.25) is 0 Å². The average molecular weight is 1140 g/mol. The van der Waals surface area contributed by atoms with E-state index in [0.717, 1.165) is 60.4 Å². The van der Waals surface area contributed by atoms with Crippen LogP contribution in [0.1, 0.15) is 71.9 Å². The van der Waals surface area contributed by atoms with Crippen LogP contribution in [0.3, 0.4) is 0 Å². The molecule has 1 aliphatic heterocycles. The van der Waals surface area contributed by atoms with Crippen LogP contribution < -0.4 is 32.7 Å². The van der Waals surface area contributed by atoms with Gasteiger partial charge in [0, 0.05) is 49.3 Å². The van der Waals surface area contributed by atoms with Crippen molar-refractivity contribution in [3.8, 4) is 0 Å². The molecule has 414 valence electrons. The number of amides is 4. The Labute approximate surface area is 426 Å². The van der Waals surface area contributed by atoms with Crippen molar-refractivity contribution < 1.29 is 106 Å². The van der Waals surface area contributed by atoms with E-state index in [1.807, 2.05) is 0 Å². The number of aromatic nitrogens is 4. The number of carboxylic acids is 1. The molecule has 0 saturated carbocycles. The molecule has 0 spiro atoms. The summed E-state index contributed by atoms with van der Waals surface area (Å²) in [4.78, 5) is 125. The largest absolute Gasteiger partial charge is 0.481 e. The van der Waals surface area contributed by atoms with Gasteiger partial charge in [-0.25, -0.2) is 28.6 Å². The number of phosphoric acid groups is 3. The minimum atomic E-state index is -5.62. The second kappa shape index (κ2) is 29.5. The molecule has 36 heteroatoms. The molecule has 1 saturated heterocycles. The van der Waals surface area contributed by atoms with E-state index < -0.39 is 121 Å². The number of ether oxygens (including phenoxy) is 1. The van der Waals surface area contributed by atoms with Crippen LogP contribution in [-0.2, 0) is 65.1 Å². The number of carboxylic acid groups (broad SMARTS) is 1. The number of nitrogens with one attached hydrogen (secondary N) is 4. The van der Waals surface area contributed by atoms with E-state index in [1.54, 1.807) is 0 Å². The second-order valence-electron chi connectivity index (χ2n) is 16.8. The predicted octanol–water partition coefficient (Wildman–Crippen LogP) is -1.95. The van der Waals surface area contributed by atoms with Gasteiger partial charge in [0.15, 0.2) is 23.7 Å². The van der Waals surface area contributed by atoms with Crippen molar-refractivity contribution in [1.29, 1.82) is 0 Å². The van der Waals surface area contributed by atoms with Gasteiger partial charge in [0.2, 0.25) is 28.7 Å². The number of nitrogens with two attached hydrogens (primary N) is 1. The molecule has 3 heterocycles. The number of unbranched alkanes of at least 4 members (excludes halogenated alkanes) is 3. The second-order valence-corrected chi connectivity index (χ2v) is 23.3. The lowest BCUT2D eigenvalue weighted by molar-refractivity contribution is -0.402. The topological polar surface area (TPSA) is 487 Å². The van der Waals surface area contributed by atoms with Crippen LogP contribution in [0.25, 0.3) is 11.2 Å². The van der Waals surface area contributed by atoms with Crippen LogP contribution >= 0.6 is 47.0 Å². The quantitative estimate of drug-likeness (QED) is 0.0268. The van der Waals surface area contributed by atoms with E-state index >= 15 is 0 Å². The van der Waals surface area contributed by atoms with Crippen molar-refractivity contribution in [3.05, 3.63) is 12.7 Å². The van der Waals surface area contributed by atoms with Gasteiger partial charge in [-0.15, -0.1) is 0 Å². The van der Waals surface area contributed by atoms with Gasteiger partial charge in [-0.05, 0) is 12.2 Å². The summed E-state index contributed by atoms with van der Waals surface area (Å²) >= 11 is 2.32. The normalized spacial score (nSPS) is 20.0. The van der Waals surface area contributed by atoms with Gasteiger partial charge < -0.3 is 72.4 Å². The highest BCUT2D eigenvalue weighted by atomic mass is 32.2. The first kappa shape index (κ1) is 63.6. The fourth-order valence-electron chi connectivity index (χ4n) is 6.39. The van der Waals surface area contributed by atoms with Gasteiger partial charge in [0.05, 0.1) is 19.5 Å². The first-order valence-corrected chi connectivity index (χ1v) is 29.0. The van der Waals surface area contributed by atoms with Gasteiger partial charge in [0.25, 0.3) is 0 Å². The summed E-state index contributed by atoms with van der Waals surface area (Å²) in [6.07, 6.45) is -3.23. The van der Waals surface area contributed by atoms with Crippen molar-refractivity contribution in [2.45, 2.75) is 108 Å². The molecular weight excluding hydrogens is 1080 g/mol. The Morgan fingerprint density at radius 1 is 0.932 bits per heavy atom. The molecule has 2 aromatic rings. The highest BCUT2D eigenvalue weighted by Gasteiger charge is 2.50. The summed E-state index contributed by atoms with van der Waals surface area (Å²) < 4.78 is 62.4. The van der Waals surface area contributed by atoms with Crippen LogP contribution in [0, 0.1) is 5.41 Å². The van der Waals surface area contributed by atoms with Gasteiger partial charge in [-0.3, -0.25) is 46.9 Å². The number of hydrogen-bond acceptors (Lipinski definition) is 22. The molecule has 9 atom stereocenters. The van der Waals surface area contributed by atoms with Crippen molar-refractivity contribution in [2.24, 2.45) is 5.41 Å². The number of aliphatic hydroxyl groups excluding tert-OH is 2. The molecule has 3 rings (SSSR count). The number of rotatable bonds is 34. The fourth-order valence-corrected chi connectivity index (χ4v) is 11.0. The third-order valence-corrected chi connectivity index (χ3v) is 15.6. The van der Waals surface area contributed by atoms with Gasteiger partial charge in [-0.2, -0.15) is 16.1 Å². The number of fused-ring (bicyclic) bond motifs is 1. The number of phosphoric ester groups is 3. The maximum Gasteiger partial charge on any atom is 0.481 e. The van der Waals surface area contributed by atoms with E-state index in [-0.39, 0.29) is 66.0 Å². The number of aliphatic carboxylic acids is 1. The highest BCUT2D eigenvalue weighted by Crippen LogP contribution is 2.61. The van der Waals surface area contributed by atoms with E-state index in [1.165, 1.54) is 25.6 Å². The van der Waals surface area contributed by atoms with Crippen LogP contribution in [0.15, 0.2) is 12.7 Å². The van der Waals surface area contributed by atoms with E-state index in [2.05, 4.69) is 57.7 Å². The number of nitrogens with zero attached hydrogens (tertiary/aromatic N) is 4. The number of quaternary nitrogens is 1. The molecule has 1 aliphatic rings. The van der Waals surface area contributed by atoms with Crippen LogP contribution in [0.4, 0.5) is 5.82 Å². The molecule has 16 N–H and O–H groups in total. The molecule has 2 aromatic heterocycles. The Morgan fingerprint density at radius 2 is 1.63 bits per heavy atom. The van der Waals surface area contributed by atoms with Crippen molar-refractivity contribution in [3.63, 3.8) is 0 Å². The summed E-state index contributed by atoms with van der Waals surface area (Å²) in [6, 6.07) is -1.78. The summed E-state index contributed by atoms with van der Waals surface area (Å²) in [5.41, 5.74) is 7.96. The third-order valence-electron chi connectivity index (χ3n) is 10.3. The first-order chi connectivity index (χ1) is 34.1. The minimum Gasteiger partial charge on any atom is -0.480 e. The molecule has 0 aromatic carbocycles. The molecule has 73 heavy (non-hydrogen) atoms. The monoisotopic (exact) mass is 1140 g/mol. The summed E-state index contributed by atoms with van der Waals surface area (Å²) in [5, 5.41) is 39.9. The minimum absolute atomic E-state index is 0.0103. The molecule has 9 unspecified atom stereocenters. The number of carbonyl (C=O) groups is 6. The van der Waals surface area contributed by atoms with Crippen molar-refractivity contribution >= 4 is 98.7 Å². The number of aliphatic hydroxyl groups is 2. The summed E-state index contributed by atoms with van der Waals surface area (Å²) in [7, 11) is -16.5. The Kier molecular flexibility index (Phi) is 25.7. The Bertz CT molecular complexity index is 2350. The fraction of sp³-hybridized carbons (Fsp3) is 0.703. The zero-order chi connectivity index (χ0) is 54.7.